The number of Topliss-reactive ketones (excluding diaryl/α,β-unsaturated/α-hetero) is 1. The Balaban J connectivity index is 1.90. The van der Waals surface area contributed by atoms with Gasteiger partial charge in [0.1, 0.15) is 5.78 Å². The lowest BCUT2D eigenvalue weighted by Gasteiger charge is -2.26. The second kappa shape index (κ2) is 3.53. The largest absolute Gasteiger partial charge is 0.300 e. The van der Waals surface area contributed by atoms with E-state index in [0.29, 0.717) is 25.0 Å². The molecule has 2 aliphatic rings. The van der Waals surface area contributed by atoms with Crippen LogP contribution in [0.25, 0.3) is 0 Å². The van der Waals surface area contributed by atoms with Crippen molar-refractivity contribution in [1.82, 2.24) is 0 Å². The third-order valence-electron chi connectivity index (χ3n) is 3.92. The number of hydrogen-bond acceptors (Lipinski definition) is 1. The maximum Gasteiger partial charge on any atom is 0.248 e. The van der Waals surface area contributed by atoms with E-state index in [1.807, 2.05) is 0 Å². The fraction of sp³-hybridized carbons (Fsp3) is 0.917. The molecule has 3 heteroatoms. The molecule has 1 nitrogen and oxygen atoms in total. The zero-order valence-electron chi connectivity index (χ0n) is 9.19. The molecular formula is C12H18F2O. The van der Waals surface area contributed by atoms with Crippen molar-refractivity contribution in [1.29, 1.82) is 0 Å². The zero-order valence-corrected chi connectivity index (χ0v) is 9.19. The maximum atomic E-state index is 13.0. The van der Waals surface area contributed by atoms with Crippen LogP contribution in [0.3, 0.4) is 0 Å². The third-order valence-corrected chi connectivity index (χ3v) is 3.92. The summed E-state index contributed by atoms with van der Waals surface area (Å²) in [6, 6.07) is 0. The number of ketones is 1. The molecule has 0 N–H and O–H groups in total. The van der Waals surface area contributed by atoms with Gasteiger partial charge in [-0.05, 0) is 30.6 Å². The third kappa shape index (κ3) is 2.56. The molecule has 2 aliphatic carbocycles. The minimum Gasteiger partial charge on any atom is -0.300 e. The molecule has 86 valence electrons. The van der Waals surface area contributed by atoms with Crippen LogP contribution in [-0.4, -0.2) is 11.7 Å². The Morgan fingerprint density at radius 3 is 2.60 bits per heavy atom. The first-order chi connectivity index (χ1) is 6.89. The van der Waals surface area contributed by atoms with Crippen molar-refractivity contribution in [3.05, 3.63) is 0 Å². The average molecular weight is 216 g/mol. The second-order valence-electron chi connectivity index (χ2n) is 5.70. The van der Waals surface area contributed by atoms with Crippen LogP contribution in [0, 0.1) is 11.3 Å². The highest BCUT2D eigenvalue weighted by atomic mass is 19.3. The van der Waals surface area contributed by atoms with Crippen LogP contribution < -0.4 is 0 Å². The minimum absolute atomic E-state index is 0.0160. The summed E-state index contributed by atoms with van der Waals surface area (Å²) in [5, 5.41) is 0. The first-order valence-corrected chi connectivity index (χ1v) is 5.78. The first kappa shape index (κ1) is 11.0. The van der Waals surface area contributed by atoms with Gasteiger partial charge in [0.15, 0.2) is 0 Å². The molecule has 0 heterocycles. The summed E-state index contributed by atoms with van der Waals surface area (Å²) in [6.07, 6.45) is 3.69. The molecule has 2 saturated carbocycles. The van der Waals surface area contributed by atoms with Crippen LogP contribution in [0.4, 0.5) is 8.78 Å². The molecule has 0 aromatic rings. The lowest BCUT2D eigenvalue weighted by atomic mass is 9.79. The van der Waals surface area contributed by atoms with Crippen molar-refractivity contribution >= 4 is 5.78 Å². The van der Waals surface area contributed by atoms with Gasteiger partial charge >= 0.3 is 0 Å². The average Bonchev–Trinajstić information content (AvgIpc) is 2.56. The summed E-state index contributed by atoms with van der Waals surface area (Å²) in [5.41, 5.74) is 0.0160. The Hall–Kier alpha value is -0.470. The molecule has 15 heavy (non-hydrogen) atoms. The number of carbonyl (C=O) groups excluding carboxylic acids is 1. The van der Waals surface area contributed by atoms with E-state index in [0.717, 1.165) is 12.8 Å². The quantitative estimate of drug-likeness (QED) is 0.689. The van der Waals surface area contributed by atoms with Gasteiger partial charge < -0.3 is 0 Å². The number of carbonyl (C=O) groups is 1. The van der Waals surface area contributed by atoms with Gasteiger partial charge in [0.25, 0.3) is 0 Å². The van der Waals surface area contributed by atoms with Gasteiger partial charge in [-0.3, -0.25) is 4.79 Å². The molecule has 2 rings (SSSR count). The predicted octanol–water partition coefficient (Wildman–Crippen LogP) is 3.57. The number of rotatable bonds is 2. The van der Waals surface area contributed by atoms with Gasteiger partial charge in [-0.25, -0.2) is 8.78 Å². The van der Waals surface area contributed by atoms with Gasteiger partial charge in [-0.15, -0.1) is 0 Å². The zero-order chi connectivity index (χ0) is 11.1. The van der Waals surface area contributed by atoms with E-state index in [1.54, 1.807) is 0 Å². The van der Waals surface area contributed by atoms with E-state index in [1.165, 1.54) is 0 Å². The Bertz CT molecular complexity index is 275. The van der Waals surface area contributed by atoms with Crippen molar-refractivity contribution in [2.24, 2.45) is 11.3 Å². The predicted molar refractivity (Wildman–Crippen MR) is 53.9 cm³/mol. The van der Waals surface area contributed by atoms with E-state index in [-0.39, 0.29) is 24.2 Å². The van der Waals surface area contributed by atoms with E-state index in [4.69, 9.17) is 0 Å². The standard InChI is InChI=1S/C12H18F2O/c1-11(4-3-10(15)8-11)6-9-2-5-12(13,14)7-9/h9H,2-8H2,1H3. The molecular weight excluding hydrogens is 198 g/mol. The van der Waals surface area contributed by atoms with Crippen LogP contribution in [0.1, 0.15) is 51.9 Å². The van der Waals surface area contributed by atoms with E-state index in [9.17, 15) is 13.6 Å². The Labute approximate surface area is 89.2 Å². The molecule has 0 aromatic carbocycles. The summed E-state index contributed by atoms with van der Waals surface area (Å²) >= 11 is 0. The lowest BCUT2D eigenvalue weighted by Crippen LogP contribution is -2.18. The number of alkyl halides is 2. The van der Waals surface area contributed by atoms with Gasteiger partial charge in [0.2, 0.25) is 5.92 Å². The van der Waals surface area contributed by atoms with E-state index >= 15 is 0 Å². The molecule has 0 radical (unpaired) electrons. The van der Waals surface area contributed by atoms with Crippen LogP contribution in [-0.2, 0) is 4.79 Å². The van der Waals surface area contributed by atoms with E-state index < -0.39 is 5.92 Å². The number of halogens is 2. The summed E-state index contributed by atoms with van der Waals surface area (Å²) in [5.74, 6) is -2.00. The summed E-state index contributed by atoms with van der Waals surface area (Å²) in [6.45, 7) is 2.08. The summed E-state index contributed by atoms with van der Waals surface area (Å²) in [7, 11) is 0. The minimum atomic E-state index is -2.44. The normalized spacial score (nSPS) is 39.9. The van der Waals surface area contributed by atoms with Gasteiger partial charge in [0.05, 0.1) is 0 Å². The summed E-state index contributed by atoms with van der Waals surface area (Å²) < 4.78 is 26.0. The van der Waals surface area contributed by atoms with Crippen LogP contribution in [0.2, 0.25) is 0 Å². The van der Waals surface area contributed by atoms with Gasteiger partial charge in [0, 0.05) is 25.7 Å². The molecule has 2 atom stereocenters. The molecule has 0 amide bonds. The topological polar surface area (TPSA) is 17.1 Å². The fourth-order valence-electron chi connectivity index (χ4n) is 3.18. The summed E-state index contributed by atoms with van der Waals surface area (Å²) in [4.78, 5) is 11.2. The maximum absolute atomic E-state index is 13.0. The van der Waals surface area contributed by atoms with Crippen molar-refractivity contribution in [3.63, 3.8) is 0 Å². The van der Waals surface area contributed by atoms with Crippen molar-refractivity contribution in [2.75, 3.05) is 0 Å². The van der Waals surface area contributed by atoms with Crippen LogP contribution in [0.15, 0.2) is 0 Å². The van der Waals surface area contributed by atoms with Crippen molar-refractivity contribution < 1.29 is 13.6 Å². The highest BCUT2D eigenvalue weighted by Gasteiger charge is 2.43. The number of hydrogen-bond donors (Lipinski definition) is 0. The molecule has 0 bridgehead atoms. The van der Waals surface area contributed by atoms with Gasteiger partial charge in [-0.2, -0.15) is 0 Å². The van der Waals surface area contributed by atoms with Crippen molar-refractivity contribution in [2.45, 2.75) is 57.8 Å². The van der Waals surface area contributed by atoms with Crippen LogP contribution in [0.5, 0.6) is 0 Å². The Morgan fingerprint density at radius 1 is 1.40 bits per heavy atom. The highest BCUT2D eigenvalue weighted by Crippen LogP contribution is 2.48. The highest BCUT2D eigenvalue weighted by molar-refractivity contribution is 5.81. The molecule has 0 aliphatic heterocycles. The fourth-order valence-corrected chi connectivity index (χ4v) is 3.18. The SMILES string of the molecule is CC1(CC2CCC(F)(F)C2)CCC(=O)C1. The van der Waals surface area contributed by atoms with Crippen LogP contribution >= 0.6 is 0 Å². The van der Waals surface area contributed by atoms with Crippen molar-refractivity contribution in [3.8, 4) is 0 Å². The second-order valence-corrected chi connectivity index (χ2v) is 5.70. The monoisotopic (exact) mass is 216 g/mol. The van der Waals surface area contributed by atoms with Gasteiger partial charge in [-0.1, -0.05) is 6.92 Å². The smallest absolute Gasteiger partial charge is 0.248 e. The molecule has 0 aromatic heterocycles. The lowest BCUT2D eigenvalue weighted by molar-refractivity contribution is -0.118. The molecule has 0 saturated heterocycles. The molecule has 0 spiro atoms. The molecule has 2 fully saturated rings. The Kier molecular flexibility index (Phi) is 2.60. The van der Waals surface area contributed by atoms with E-state index in [2.05, 4.69) is 6.92 Å². The first-order valence-electron chi connectivity index (χ1n) is 5.78. The Morgan fingerprint density at radius 2 is 2.13 bits per heavy atom. The molecule has 2 unspecified atom stereocenters.